The SMILES string of the molecule is CNC(CCc1ccco1)Cc1ccccn1. The fourth-order valence-corrected chi connectivity index (χ4v) is 1.89. The van der Waals surface area contributed by atoms with E-state index in [4.69, 9.17) is 4.42 Å². The summed E-state index contributed by atoms with van der Waals surface area (Å²) in [7, 11) is 2.00. The number of nitrogens with zero attached hydrogens (tertiary/aromatic N) is 1. The highest BCUT2D eigenvalue weighted by Gasteiger charge is 2.09. The van der Waals surface area contributed by atoms with E-state index in [-0.39, 0.29) is 0 Å². The van der Waals surface area contributed by atoms with Crippen LogP contribution in [-0.4, -0.2) is 18.1 Å². The summed E-state index contributed by atoms with van der Waals surface area (Å²) in [5, 5.41) is 3.33. The molecule has 0 radical (unpaired) electrons. The minimum atomic E-state index is 0.440. The van der Waals surface area contributed by atoms with Crippen LogP contribution in [0.4, 0.5) is 0 Å². The van der Waals surface area contributed by atoms with Crippen molar-refractivity contribution in [1.82, 2.24) is 10.3 Å². The second kappa shape index (κ2) is 6.21. The maximum atomic E-state index is 5.34. The lowest BCUT2D eigenvalue weighted by molar-refractivity contribution is 0.458. The van der Waals surface area contributed by atoms with Gasteiger partial charge in [-0.2, -0.15) is 0 Å². The maximum Gasteiger partial charge on any atom is 0.103 e. The van der Waals surface area contributed by atoms with Gasteiger partial charge >= 0.3 is 0 Å². The van der Waals surface area contributed by atoms with Gasteiger partial charge in [-0.3, -0.25) is 4.98 Å². The van der Waals surface area contributed by atoms with Crippen molar-refractivity contribution in [3.8, 4) is 0 Å². The average molecular weight is 230 g/mol. The topological polar surface area (TPSA) is 38.1 Å². The summed E-state index contributed by atoms with van der Waals surface area (Å²) in [6.45, 7) is 0. The van der Waals surface area contributed by atoms with Crippen LogP contribution in [0.15, 0.2) is 47.2 Å². The van der Waals surface area contributed by atoms with Crippen LogP contribution >= 0.6 is 0 Å². The van der Waals surface area contributed by atoms with E-state index in [1.54, 1.807) is 6.26 Å². The van der Waals surface area contributed by atoms with Crippen LogP contribution in [0.5, 0.6) is 0 Å². The van der Waals surface area contributed by atoms with Gasteiger partial charge in [0.25, 0.3) is 0 Å². The number of likely N-dealkylation sites (N-methyl/N-ethyl adjacent to an activating group) is 1. The monoisotopic (exact) mass is 230 g/mol. The summed E-state index contributed by atoms with van der Waals surface area (Å²) in [6, 6.07) is 10.4. The van der Waals surface area contributed by atoms with Crippen molar-refractivity contribution < 1.29 is 4.42 Å². The van der Waals surface area contributed by atoms with E-state index >= 15 is 0 Å². The van der Waals surface area contributed by atoms with E-state index in [9.17, 15) is 0 Å². The molecule has 90 valence electrons. The van der Waals surface area contributed by atoms with Crippen LogP contribution in [0.2, 0.25) is 0 Å². The average Bonchev–Trinajstić information content (AvgIpc) is 2.89. The molecule has 1 unspecified atom stereocenters. The molecule has 0 aliphatic rings. The number of furan rings is 1. The molecule has 0 saturated heterocycles. The smallest absolute Gasteiger partial charge is 0.103 e. The first-order chi connectivity index (χ1) is 8.38. The molecule has 2 aromatic rings. The molecule has 1 atom stereocenters. The Kier molecular flexibility index (Phi) is 4.33. The van der Waals surface area contributed by atoms with Crippen molar-refractivity contribution in [2.45, 2.75) is 25.3 Å². The zero-order valence-corrected chi connectivity index (χ0v) is 10.1. The maximum absolute atomic E-state index is 5.34. The minimum absolute atomic E-state index is 0.440. The highest BCUT2D eigenvalue weighted by atomic mass is 16.3. The summed E-state index contributed by atoms with van der Waals surface area (Å²) in [4.78, 5) is 4.35. The Bertz CT molecular complexity index is 411. The van der Waals surface area contributed by atoms with Crippen molar-refractivity contribution >= 4 is 0 Å². The predicted octanol–water partition coefficient (Wildman–Crippen LogP) is 2.44. The highest BCUT2D eigenvalue weighted by molar-refractivity contribution is 5.06. The van der Waals surface area contributed by atoms with E-state index in [1.807, 2.05) is 37.5 Å². The number of aryl methyl sites for hydroxylation is 1. The van der Waals surface area contributed by atoms with Gasteiger partial charge in [0.2, 0.25) is 0 Å². The molecule has 0 amide bonds. The van der Waals surface area contributed by atoms with Gasteiger partial charge in [0.15, 0.2) is 0 Å². The number of hydrogen-bond acceptors (Lipinski definition) is 3. The molecular weight excluding hydrogens is 212 g/mol. The zero-order valence-electron chi connectivity index (χ0n) is 10.1. The lowest BCUT2D eigenvalue weighted by Crippen LogP contribution is -2.28. The highest BCUT2D eigenvalue weighted by Crippen LogP contribution is 2.09. The van der Waals surface area contributed by atoms with Crippen LogP contribution in [-0.2, 0) is 12.8 Å². The van der Waals surface area contributed by atoms with Gasteiger partial charge in [-0.05, 0) is 37.7 Å². The van der Waals surface area contributed by atoms with Gasteiger partial charge in [0.05, 0.1) is 6.26 Å². The van der Waals surface area contributed by atoms with Gasteiger partial charge in [-0.1, -0.05) is 6.07 Å². The Hall–Kier alpha value is -1.61. The molecule has 0 saturated carbocycles. The third kappa shape index (κ3) is 3.71. The summed E-state index contributed by atoms with van der Waals surface area (Å²) in [5.74, 6) is 1.05. The minimum Gasteiger partial charge on any atom is -0.469 e. The number of hydrogen-bond donors (Lipinski definition) is 1. The number of aromatic nitrogens is 1. The van der Waals surface area contributed by atoms with Crippen molar-refractivity contribution in [1.29, 1.82) is 0 Å². The molecule has 2 rings (SSSR count). The zero-order chi connectivity index (χ0) is 11.9. The Balaban J connectivity index is 1.85. The molecule has 0 aliphatic carbocycles. The van der Waals surface area contributed by atoms with Gasteiger partial charge < -0.3 is 9.73 Å². The van der Waals surface area contributed by atoms with Gasteiger partial charge in [0.1, 0.15) is 5.76 Å². The third-order valence-electron chi connectivity index (χ3n) is 2.91. The van der Waals surface area contributed by atoms with Crippen LogP contribution in [0.25, 0.3) is 0 Å². The molecule has 0 aromatic carbocycles. The Morgan fingerprint density at radius 1 is 1.29 bits per heavy atom. The molecule has 0 aliphatic heterocycles. The summed E-state index contributed by atoms with van der Waals surface area (Å²) in [6.07, 6.45) is 6.54. The van der Waals surface area contributed by atoms with Crippen molar-refractivity contribution in [3.63, 3.8) is 0 Å². The predicted molar refractivity (Wildman–Crippen MR) is 67.8 cm³/mol. The van der Waals surface area contributed by atoms with Gasteiger partial charge in [-0.25, -0.2) is 0 Å². The van der Waals surface area contributed by atoms with Crippen molar-refractivity contribution in [3.05, 3.63) is 54.2 Å². The van der Waals surface area contributed by atoms with E-state index in [1.165, 1.54) is 0 Å². The molecule has 17 heavy (non-hydrogen) atoms. The summed E-state index contributed by atoms with van der Waals surface area (Å²) >= 11 is 0. The fraction of sp³-hybridized carbons (Fsp3) is 0.357. The largest absolute Gasteiger partial charge is 0.469 e. The lowest BCUT2D eigenvalue weighted by atomic mass is 10.0. The molecule has 1 N–H and O–H groups in total. The quantitative estimate of drug-likeness (QED) is 0.828. The first kappa shape index (κ1) is 11.9. The Morgan fingerprint density at radius 3 is 2.88 bits per heavy atom. The molecule has 3 nitrogen and oxygen atoms in total. The van der Waals surface area contributed by atoms with Crippen molar-refractivity contribution in [2.24, 2.45) is 0 Å². The number of pyridine rings is 1. The van der Waals surface area contributed by atoms with Crippen LogP contribution < -0.4 is 5.32 Å². The number of nitrogens with one attached hydrogen (secondary N) is 1. The molecule has 0 fully saturated rings. The first-order valence-electron chi connectivity index (χ1n) is 5.98. The van der Waals surface area contributed by atoms with Gasteiger partial charge in [-0.15, -0.1) is 0 Å². The van der Waals surface area contributed by atoms with E-state index < -0.39 is 0 Å². The molecule has 2 aromatic heterocycles. The molecule has 3 heteroatoms. The summed E-state index contributed by atoms with van der Waals surface area (Å²) in [5.41, 5.74) is 1.13. The Morgan fingerprint density at radius 2 is 2.24 bits per heavy atom. The van der Waals surface area contributed by atoms with Crippen molar-refractivity contribution in [2.75, 3.05) is 7.05 Å². The summed E-state index contributed by atoms with van der Waals surface area (Å²) < 4.78 is 5.34. The third-order valence-corrected chi connectivity index (χ3v) is 2.91. The molecule has 0 spiro atoms. The normalized spacial score (nSPS) is 12.5. The van der Waals surface area contributed by atoms with Crippen LogP contribution in [0.3, 0.4) is 0 Å². The first-order valence-corrected chi connectivity index (χ1v) is 5.98. The second-order valence-electron chi connectivity index (χ2n) is 4.13. The molecular formula is C14H18N2O. The molecule has 2 heterocycles. The lowest BCUT2D eigenvalue weighted by Gasteiger charge is -2.14. The van der Waals surface area contributed by atoms with E-state index in [2.05, 4.69) is 16.4 Å². The van der Waals surface area contributed by atoms with Gasteiger partial charge in [0, 0.05) is 30.8 Å². The Labute approximate surface area is 102 Å². The van der Waals surface area contributed by atoms with E-state index in [0.717, 1.165) is 30.7 Å². The van der Waals surface area contributed by atoms with Crippen LogP contribution in [0, 0.1) is 0 Å². The van der Waals surface area contributed by atoms with Crippen LogP contribution in [0.1, 0.15) is 17.9 Å². The molecule has 0 bridgehead atoms. The van der Waals surface area contributed by atoms with E-state index in [0.29, 0.717) is 6.04 Å². The fourth-order valence-electron chi connectivity index (χ4n) is 1.89. The number of rotatable bonds is 6. The standard InChI is InChI=1S/C14H18N2O/c1-15-12(7-8-14-6-4-10-17-14)11-13-5-2-3-9-16-13/h2-6,9-10,12,15H,7-8,11H2,1H3. The second-order valence-corrected chi connectivity index (χ2v) is 4.13.